The fourth-order valence-electron chi connectivity index (χ4n) is 2.12. The summed E-state index contributed by atoms with van der Waals surface area (Å²) in [5.41, 5.74) is 0. The summed E-state index contributed by atoms with van der Waals surface area (Å²) in [6.07, 6.45) is 3.09. The lowest BCUT2D eigenvalue weighted by Gasteiger charge is -2.33. The second-order valence-corrected chi connectivity index (χ2v) is 6.89. The maximum Gasteiger partial charge on any atom is 0.237 e. The number of rotatable bonds is 4. The van der Waals surface area contributed by atoms with Gasteiger partial charge in [0.05, 0.1) is 12.8 Å². The van der Waals surface area contributed by atoms with Crippen molar-refractivity contribution in [3.8, 4) is 0 Å². The molecule has 0 bridgehead atoms. The fourth-order valence-corrected chi connectivity index (χ4v) is 2.51. The van der Waals surface area contributed by atoms with Crippen LogP contribution in [0.1, 0.15) is 26.7 Å². The molecular formula is C11H22N2O3S. The average Bonchev–Trinajstić information content (AvgIpc) is 2.25. The number of hydrogen-bond donors (Lipinski definition) is 1. The van der Waals surface area contributed by atoms with E-state index < -0.39 is 10.0 Å². The molecule has 1 heterocycles. The molecule has 1 fully saturated rings. The number of piperidine rings is 1. The van der Waals surface area contributed by atoms with Gasteiger partial charge in [-0.1, -0.05) is 13.8 Å². The van der Waals surface area contributed by atoms with Crippen molar-refractivity contribution in [1.29, 1.82) is 0 Å². The number of nitrogens with one attached hydrogen (secondary N) is 1. The van der Waals surface area contributed by atoms with Gasteiger partial charge in [-0.2, -0.15) is 0 Å². The number of amides is 1. The molecule has 0 spiro atoms. The number of hydrogen-bond acceptors (Lipinski definition) is 3. The van der Waals surface area contributed by atoms with Crippen LogP contribution in [0.4, 0.5) is 0 Å². The topological polar surface area (TPSA) is 66.5 Å². The molecule has 0 atom stereocenters. The summed E-state index contributed by atoms with van der Waals surface area (Å²) < 4.78 is 24.0. The van der Waals surface area contributed by atoms with Crippen LogP contribution in [0.2, 0.25) is 0 Å². The van der Waals surface area contributed by atoms with Gasteiger partial charge in [-0.25, -0.2) is 13.1 Å². The lowest BCUT2D eigenvalue weighted by molar-refractivity contribution is -0.131. The Morgan fingerprint density at radius 3 is 2.29 bits per heavy atom. The van der Waals surface area contributed by atoms with E-state index in [1.165, 1.54) is 0 Å². The molecule has 1 aliphatic heterocycles. The van der Waals surface area contributed by atoms with Gasteiger partial charge in [0.2, 0.25) is 15.9 Å². The predicted octanol–water partition coefficient (Wildman–Crippen LogP) is 0.430. The van der Waals surface area contributed by atoms with Gasteiger partial charge in [0.15, 0.2) is 0 Å². The number of carbonyl (C=O) groups is 1. The smallest absolute Gasteiger partial charge is 0.237 e. The summed E-state index contributed by atoms with van der Waals surface area (Å²) in [6.45, 7) is 5.77. The van der Waals surface area contributed by atoms with Gasteiger partial charge < -0.3 is 4.90 Å². The normalized spacial score (nSPS) is 18.7. The van der Waals surface area contributed by atoms with E-state index in [-0.39, 0.29) is 12.5 Å². The van der Waals surface area contributed by atoms with Crippen LogP contribution in [0, 0.1) is 11.8 Å². The predicted molar refractivity (Wildman–Crippen MR) is 67.0 cm³/mol. The molecule has 5 nitrogen and oxygen atoms in total. The quantitative estimate of drug-likeness (QED) is 0.799. The molecular weight excluding hydrogens is 240 g/mol. The SMILES string of the molecule is CC(C)C1CCN(C(=O)CNS(C)(=O)=O)CC1. The summed E-state index contributed by atoms with van der Waals surface area (Å²) in [6, 6.07) is 0. The van der Waals surface area contributed by atoms with Crippen LogP contribution >= 0.6 is 0 Å². The zero-order valence-electron chi connectivity index (χ0n) is 10.8. The van der Waals surface area contributed by atoms with Gasteiger partial charge >= 0.3 is 0 Å². The molecule has 0 aromatic carbocycles. The van der Waals surface area contributed by atoms with Crippen LogP contribution in [-0.4, -0.2) is 45.1 Å². The Bertz CT molecular complexity index is 357. The number of nitrogens with zero attached hydrogens (tertiary/aromatic N) is 1. The van der Waals surface area contributed by atoms with Crippen LogP contribution in [-0.2, 0) is 14.8 Å². The highest BCUT2D eigenvalue weighted by molar-refractivity contribution is 7.88. The van der Waals surface area contributed by atoms with E-state index in [0.29, 0.717) is 11.8 Å². The van der Waals surface area contributed by atoms with Crippen molar-refractivity contribution in [3.63, 3.8) is 0 Å². The second-order valence-electron chi connectivity index (χ2n) is 5.06. The van der Waals surface area contributed by atoms with Crippen LogP contribution in [0.15, 0.2) is 0 Å². The Morgan fingerprint density at radius 1 is 1.35 bits per heavy atom. The molecule has 0 saturated carbocycles. The first-order valence-corrected chi connectivity index (χ1v) is 7.91. The van der Waals surface area contributed by atoms with Crippen molar-refractivity contribution in [3.05, 3.63) is 0 Å². The number of sulfonamides is 1. The summed E-state index contributed by atoms with van der Waals surface area (Å²) in [5, 5.41) is 0. The van der Waals surface area contributed by atoms with Crippen molar-refractivity contribution in [2.24, 2.45) is 11.8 Å². The van der Waals surface area contributed by atoms with E-state index in [9.17, 15) is 13.2 Å². The van der Waals surface area contributed by atoms with Gasteiger partial charge in [0, 0.05) is 13.1 Å². The largest absolute Gasteiger partial charge is 0.342 e. The monoisotopic (exact) mass is 262 g/mol. The van der Waals surface area contributed by atoms with E-state index in [2.05, 4.69) is 18.6 Å². The molecule has 1 aliphatic rings. The third-order valence-corrected chi connectivity index (χ3v) is 3.99. The van der Waals surface area contributed by atoms with Crippen molar-refractivity contribution in [2.45, 2.75) is 26.7 Å². The summed E-state index contributed by atoms with van der Waals surface area (Å²) in [4.78, 5) is 13.5. The Balaban J connectivity index is 2.36. The third-order valence-electron chi connectivity index (χ3n) is 3.32. The highest BCUT2D eigenvalue weighted by Crippen LogP contribution is 2.24. The maximum absolute atomic E-state index is 11.7. The van der Waals surface area contributed by atoms with Crippen LogP contribution in [0.3, 0.4) is 0 Å². The van der Waals surface area contributed by atoms with E-state index in [4.69, 9.17) is 0 Å². The molecule has 0 radical (unpaired) electrons. The lowest BCUT2D eigenvalue weighted by Crippen LogP contribution is -2.44. The van der Waals surface area contributed by atoms with E-state index in [0.717, 1.165) is 32.2 Å². The Hall–Kier alpha value is -0.620. The van der Waals surface area contributed by atoms with Crippen LogP contribution < -0.4 is 4.72 Å². The van der Waals surface area contributed by atoms with E-state index in [1.807, 2.05) is 0 Å². The fraction of sp³-hybridized carbons (Fsp3) is 0.909. The van der Waals surface area contributed by atoms with Gasteiger partial charge in [0.1, 0.15) is 0 Å². The van der Waals surface area contributed by atoms with Crippen LogP contribution in [0.25, 0.3) is 0 Å². The van der Waals surface area contributed by atoms with Crippen LogP contribution in [0.5, 0.6) is 0 Å². The van der Waals surface area contributed by atoms with Crippen molar-refractivity contribution < 1.29 is 13.2 Å². The summed E-state index contributed by atoms with van der Waals surface area (Å²) in [7, 11) is -3.28. The highest BCUT2D eigenvalue weighted by Gasteiger charge is 2.24. The standard InChI is InChI=1S/C11H22N2O3S/c1-9(2)10-4-6-13(7-5-10)11(14)8-12-17(3,15)16/h9-10,12H,4-8H2,1-3H3. The Morgan fingerprint density at radius 2 is 1.88 bits per heavy atom. The highest BCUT2D eigenvalue weighted by atomic mass is 32.2. The second kappa shape index (κ2) is 5.82. The van der Waals surface area contributed by atoms with Gasteiger partial charge in [-0.15, -0.1) is 0 Å². The minimum atomic E-state index is -3.28. The molecule has 1 N–H and O–H groups in total. The summed E-state index contributed by atoms with van der Waals surface area (Å²) in [5.74, 6) is 1.21. The first-order chi connectivity index (χ1) is 7.79. The number of carbonyl (C=O) groups excluding carboxylic acids is 1. The molecule has 0 aliphatic carbocycles. The number of likely N-dealkylation sites (tertiary alicyclic amines) is 1. The molecule has 1 amide bonds. The Kier molecular flexibility index (Phi) is 4.94. The Labute approximate surface area is 104 Å². The molecule has 1 rings (SSSR count). The molecule has 0 aromatic heterocycles. The first-order valence-electron chi connectivity index (χ1n) is 6.02. The maximum atomic E-state index is 11.7. The van der Waals surface area contributed by atoms with Gasteiger partial charge in [0.25, 0.3) is 0 Å². The lowest BCUT2D eigenvalue weighted by atomic mass is 9.87. The van der Waals surface area contributed by atoms with Gasteiger partial charge in [-0.05, 0) is 24.7 Å². The average molecular weight is 262 g/mol. The zero-order valence-corrected chi connectivity index (χ0v) is 11.6. The van der Waals surface area contributed by atoms with Crippen molar-refractivity contribution in [1.82, 2.24) is 9.62 Å². The molecule has 0 aromatic rings. The molecule has 6 heteroatoms. The van der Waals surface area contributed by atoms with Crippen molar-refractivity contribution in [2.75, 3.05) is 25.9 Å². The molecule has 100 valence electrons. The minimum Gasteiger partial charge on any atom is -0.342 e. The minimum absolute atomic E-state index is 0.120. The molecule has 0 unspecified atom stereocenters. The van der Waals surface area contributed by atoms with Crippen molar-refractivity contribution >= 4 is 15.9 Å². The third kappa shape index (κ3) is 5.04. The van der Waals surface area contributed by atoms with E-state index >= 15 is 0 Å². The zero-order chi connectivity index (χ0) is 13.1. The van der Waals surface area contributed by atoms with Gasteiger partial charge in [-0.3, -0.25) is 4.79 Å². The van der Waals surface area contributed by atoms with E-state index in [1.54, 1.807) is 4.90 Å². The first kappa shape index (κ1) is 14.4. The summed E-state index contributed by atoms with van der Waals surface area (Å²) >= 11 is 0. The molecule has 1 saturated heterocycles. The molecule has 17 heavy (non-hydrogen) atoms.